The topological polar surface area (TPSA) is 47.0 Å². The third-order valence-corrected chi connectivity index (χ3v) is 3.67. The second kappa shape index (κ2) is 4.70. The lowest BCUT2D eigenvalue weighted by atomic mass is 10.0. The van der Waals surface area contributed by atoms with E-state index in [4.69, 9.17) is 14.7 Å². The Morgan fingerprint density at radius 2 is 2.35 bits per heavy atom. The molecule has 4 nitrogen and oxygen atoms in total. The summed E-state index contributed by atoms with van der Waals surface area (Å²) in [5.41, 5.74) is 3.84. The Labute approximate surface area is 102 Å². The molecule has 92 valence electrons. The van der Waals surface area contributed by atoms with Gasteiger partial charge in [0, 0.05) is 24.8 Å². The SMILES string of the molecule is CCc1nc(C2CCOC2)nc2c1CCNC2. The molecule has 0 bridgehead atoms. The van der Waals surface area contributed by atoms with Crippen LogP contribution in [-0.2, 0) is 24.1 Å². The Kier molecular flexibility index (Phi) is 3.07. The summed E-state index contributed by atoms with van der Waals surface area (Å²) >= 11 is 0. The lowest BCUT2D eigenvalue weighted by molar-refractivity contribution is 0.193. The summed E-state index contributed by atoms with van der Waals surface area (Å²) < 4.78 is 5.43. The third kappa shape index (κ3) is 2.07. The van der Waals surface area contributed by atoms with E-state index in [1.165, 1.54) is 17.0 Å². The number of aryl methyl sites for hydroxylation is 1. The van der Waals surface area contributed by atoms with E-state index in [0.29, 0.717) is 5.92 Å². The average Bonchev–Trinajstić information content (AvgIpc) is 2.91. The second-order valence-corrected chi connectivity index (χ2v) is 4.79. The van der Waals surface area contributed by atoms with E-state index in [2.05, 4.69) is 12.2 Å². The molecule has 1 saturated heterocycles. The number of hydrogen-bond acceptors (Lipinski definition) is 4. The fourth-order valence-electron chi connectivity index (χ4n) is 2.67. The molecule has 0 spiro atoms. The number of nitrogens with one attached hydrogen (secondary N) is 1. The van der Waals surface area contributed by atoms with Crippen molar-refractivity contribution in [3.05, 3.63) is 22.8 Å². The lowest BCUT2D eigenvalue weighted by Gasteiger charge is -2.20. The summed E-state index contributed by atoms with van der Waals surface area (Å²) in [6, 6.07) is 0. The van der Waals surface area contributed by atoms with Gasteiger partial charge >= 0.3 is 0 Å². The molecule has 1 atom stereocenters. The molecule has 4 heteroatoms. The summed E-state index contributed by atoms with van der Waals surface area (Å²) in [4.78, 5) is 9.52. The Morgan fingerprint density at radius 1 is 1.41 bits per heavy atom. The van der Waals surface area contributed by atoms with Gasteiger partial charge in [-0.15, -0.1) is 0 Å². The first-order valence-corrected chi connectivity index (χ1v) is 6.55. The maximum Gasteiger partial charge on any atom is 0.134 e. The maximum absolute atomic E-state index is 5.43. The van der Waals surface area contributed by atoms with E-state index in [9.17, 15) is 0 Å². The van der Waals surface area contributed by atoms with E-state index in [1.54, 1.807) is 0 Å². The summed E-state index contributed by atoms with van der Waals surface area (Å²) in [5.74, 6) is 1.41. The quantitative estimate of drug-likeness (QED) is 0.833. The lowest BCUT2D eigenvalue weighted by Crippen LogP contribution is -2.27. The van der Waals surface area contributed by atoms with Gasteiger partial charge in [0.25, 0.3) is 0 Å². The minimum Gasteiger partial charge on any atom is -0.381 e. The van der Waals surface area contributed by atoms with E-state index in [-0.39, 0.29) is 0 Å². The van der Waals surface area contributed by atoms with Crippen LogP contribution in [0.2, 0.25) is 0 Å². The third-order valence-electron chi connectivity index (χ3n) is 3.67. The van der Waals surface area contributed by atoms with Gasteiger partial charge in [-0.2, -0.15) is 0 Å². The van der Waals surface area contributed by atoms with Gasteiger partial charge in [0.2, 0.25) is 0 Å². The van der Waals surface area contributed by atoms with Crippen molar-refractivity contribution < 1.29 is 4.74 Å². The molecule has 2 aliphatic heterocycles. The Hall–Kier alpha value is -1.00. The molecule has 0 amide bonds. The Morgan fingerprint density at radius 3 is 3.12 bits per heavy atom. The molecule has 2 aliphatic rings. The molecule has 3 heterocycles. The highest BCUT2D eigenvalue weighted by molar-refractivity contribution is 5.29. The predicted octanol–water partition coefficient (Wildman–Crippen LogP) is 1.19. The Balaban J connectivity index is 1.99. The number of nitrogens with zero attached hydrogens (tertiary/aromatic N) is 2. The van der Waals surface area contributed by atoms with Crippen molar-refractivity contribution in [2.75, 3.05) is 19.8 Å². The van der Waals surface area contributed by atoms with Gasteiger partial charge in [0.1, 0.15) is 5.82 Å². The largest absolute Gasteiger partial charge is 0.381 e. The number of ether oxygens (including phenoxy) is 1. The average molecular weight is 233 g/mol. The van der Waals surface area contributed by atoms with Crippen molar-refractivity contribution in [1.29, 1.82) is 0 Å². The highest BCUT2D eigenvalue weighted by Gasteiger charge is 2.24. The highest BCUT2D eigenvalue weighted by atomic mass is 16.5. The number of rotatable bonds is 2. The van der Waals surface area contributed by atoms with Crippen LogP contribution in [0.4, 0.5) is 0 Å². The zero-order chi connectivity index (χ0) is 11.7. The molecule has 1 N–H and O–H groups in total. The second-order valence-electron chi connectivity index (χ2n) is 4.79. The van der Waals surface area contributed by atoms with Crippen LogP contribution in [0.5, 0.6) is 0 Å². The molecule has 0 aromatic carbocycles. The smallest absolute Gasteiger partial charge is 0.134 e. The van der Waals surface area contributed by atoms with E-state index >= 15 is 0 Å². The molecule has 0 aliphatic carbocycles. The minimum absolute atomic E-state index is 0.410. The molecular formula is C13H19N3O. The van der Waals surface area contributed by atoms with Crippen molar-refractivity contribution >= 4 is 0 Å². The van der Waals surface area contributed by atoms with Crippen LogP contribution >= 0.6 is 0 Å². The first-order chi connectivity index (χ1) is 8.38. The van der Waals surface area contributed by atoms with Gasteiger partial charge in [-0.05, 0) is 31.4 Å². The Bertz CT molecular complexity index is 396. The summed E-state index contributed by atoms with van der Waals surface area (Å²) in [7, 11) is 0. The van der Waals surface area contributed by atoms with Crippen LogP contribution in [0.1, 0.15) is 42.0 Å². The minimum atomic E-state index is 0.410. The fourth-order valence-corrected chi connectivity index (χ4v) is 2.67. The van der Waals surface area contributed by atoms with Crippen molar-refractivity contribution in [3.8, 4) is 0 Å². The molecule has 1 unspecified atom stereocenters. The van der Waals surface area contributed by atoms with Crippen LogP contribution in [0.15, 0.2) is 0 Å². The van der Waals surface area contributed by atoms with E-state index < -0.39 is 0 Å². The van der Waals surface area contributed by atoms with Crippen molar-refractivity contribution in [3.63, 3.8) is 0 Å². The maximum atomic E-state index is 5.43. The van der Waals surface area contributed by atoms with Crippen LogP contribution in [0.3, 0.4) is 0 Å². The molecule has 1 fully saturated rings. The van der Waals surface area contributed by atoms with Gasteiger partial charge in [0.15, 0.2) is 0 Å². The zero-order valence-corrected chi connectivity index (χ0v) is 10.3. The molecule has 0 saturated carbocycles. The van der Waals surface area contributed by atoms with Gasteiger partial charge in [-0.25, -0.2) is 9.97 Å². The number of hydrogen-bond donors (Lipinski definition) is 1. The van der Waals surface area contributed by atoms with E-state index in [0.717, 1.165) is 51.4 Å². The molecule has 0 radical (unpaired) electrons. The predicted molar refractivity (Wildman–Crippen MR) is 65.0 cm³/mol. The first kappa shape index (κ1) is 11.1. The van der Waals surface area contributed by atoms with Crippen LogP contribution in [-0.4, -0.2) is 29.7 Å². The standard InChI is InChI=1S/C13H19N3O/c1-2-11-10-3-5-14-7-12(10)16-13(15-11)9-4-6-17-8-9/h9,14H,2-8H2,1H3. The van der Waals surface area contributed by atoms with Crippen LogP contribution in [0.25, 0.3) is 0 Å². The molecule has 1 aromatic rings. The molecule has 17 heavy (non-hydrogen) atoms. The fraction of sp³-hybridized carbons (Fsp3) is 0.692. The highest BCUT2D eigenvalue weighted by Crippen LogP contribution is 2.25. The number of fused-ring (bicyclic) bond motifs is 1. The van der Waals surface area contributed by atoms with Crippen molar-refractivity contribution in [1.82, 2.24) is 15.3 Å². The summed E-state index contributed by atoms with van der Waals surface area (Å²) in [6.45, 7) is 5.76. The van der Waals surface area contributed by atoms with Crippen molar-refractivity contribution in [2.24, 2.45) is 0 Å². The normalized spacial score (nSPS) is 23.7. The molecule has 1 aromatic heterocycles. The number of aromatic nitrogens is 2. The van der Waals surface area contributed by atoms with Crippen LogP contribution in [0, 0.1) is 0 Å². The monoisotopic (exact) mass is 233 g/mol. The van der Waals surface area contributed by atoms with Gasteiger partial charge in [-0.1, -0.05) is 6.92 Å². The van der Waals surface area contributed by atoms with Crippen LogP contribution < -0.4 is 5.32 Å². The summed E-state index contributed by atoms with van der Waals surface area (Å²) in [5, 5.41) is 3.39. The van der Waals surface area contributed by atoms with Gasteiger partial charge < -0.3 is 10.1 Å². The molecular weight excluding hydrogens is 214 g/mol. The van der Waals surface area contributed by atoms with Gasteiger partial charge in [0.05, 0.1) is 12.3 Å². The van der Waals surface area contributed by atoms with Crippen molar-refractivity contribution in [2.45, 2.75) is 38.6 Å². The van der Waals surface area contributed by atoms with Gasteiger partial charge in [-0.3, -0.25) is 0 Å². The summed E-state index contributed by atoms with van der Waals surface area (Å²) in [6.07, 6.45) is 3.14. The zero-order valence-electron chi connectivity index (χ0n) is 10.3. The first-order valence-electron chi connectivity index (χ1n) is 6.55. The molecule has 3 rings (SSSR count). The van der Waals surface area contributed by atoms with E-state index in [1.807, 2.05) is 0 Å².